The number of anilines is 1. The summed E-state index contributed by atoms with van der Waals surface area (Å²) in [6.45, 7) is 1.99. The number of nitrogens with one attached hydrogen (secondary N) is 1. The molecular formula is C18H21N3O4. The molecule has 1 fully saturated rings. The lowest BCUT2D eigenvalue weighted by molar-refractivity contribution is -0.118. The minimum Gasteiger partial charge on any atom is -0.496 e. The molecule has 7 heteroatoms. The van der Waals surface area contributed by atoms with Gasteiger partial charge in [-0.05, 0) is 25.8 Å². The molecule has 0 saturated heterocycles. The van der Waals surface area contributed by atoms with Crippen molar-refractivity contribution in [2.75, 3.05) is 19.0 Å². The zero-order valence-corrected chi connectivity index (χ0v) is 14.5. The highest BCUT2D eigenvalue weighted by Gasteiger charge is 2.53. The minimum absolute atomic E-state index is 0.175. The quantitative estimate of drug-likeness (QED) is 0.814. The van der Waals surface area contributed by atoms with Crippen LogP contribution in [-0.2, 0) is 22.0 Å². The first kappa shape index (κ1) is 17.0. The van der Waals surface area contributed by atoms with Crippen LogP contribution in [0, 0.1) is 0 Å². The number of carbonyl (C=O) groups excluding carboxylic acids is 2. The molecule has 0 spiro atoms. The number of carbonyl (C=O) groups is 2. The van der Waals surface area contributed by atoms with Gasteiger partial charge in [0.25, 0.3) is 0 Å². The molecule has 7 nitrogen and oxygen atoms in total. The van der Waals surface area contributed by atoms with Crippen LogP contribution in [0.3, 0.4) is 0 Å². The smallest absolute Gasteiger partial charge is 0.343 e. The largest absolute Gasteiger partial charge is 0.496 e. The molecule has 3 rings (SSSR count). The summed E-state index contributed by atoms with van der Waals surface area (Å²) in [6, 6.07) is 7.51. The van der Waals surface area contributed by atoms with Crippen molar-refractivity contribution in [3.63, 3.8) is 0 Å². The molecule has 0 radical (unpaired) electrons. The van der Waals surface area contributed by atoms with Gasteiger partial charge in [0.15, 0.2) is 0 Å². The number of aromatic nitrogens is 2. The van der Waals surface area contributed by atoms with Crippen LogP contribution in [0.4, 0.5) is 5.82 Å². The summed E-state index contributed by atoms with van der Waals surface area (Å²) < 4.78 is 11.9. The average Bonchev–Trinajstić information content (AvgIpc) is 3.35. The number of ether oxygens (including phenoxy) is 2. The van der Waals surface area contributed by atoms with Gasteiger partial charge in [-0.25, -0.2) is 4.79 Å². The third-order valence-electron chi connectivity index (χ3n) is 4.47. The van der Waals surface area contributed by atoms with Crippen LogP contribution >= 0.6 is 0 Å². The minimum atomic E-state index is -0.636. The normalized spacial score (nSPS) is 14.7. The molecule has 0 unspecified atom stereocenters. The lowest BCUT2D eigenvalue weighted by Gasteiger charge is -2.19. The number of methoxy groups -OCH3 is 1. The number of nitrogens with zero attached hydrogens (tertiary/aromatic N) is 2. The van der Waals surface area contributed by atoms with Crippen LogP contribution in [0.1, 0.15) is 35.7 Å². The van der Waals surface area contributed by atoms with Crippen LogP contribution in [0.25, 0.3) is 0 Å². The number of hydrogen-bond donors (Lipinski definition) is 1. The van der Waals surface area contributed by atoms with Gasteiger partial charge in [-0.1, -0.05) is 18.2 Å². The van der Waals surface area contributed by atoms with E-state index >= 15 is 0 Å². The average molecular weight is 343 g/mol. The molecule has 2 aromatic rings. The highest BCUT2D eigenvalue weighted by molar-refractivity contribution is 6.05. The third kappa shape index (κ3) is 2.97. The van der Waals surface area contributed by atoms with Gasteiger partial charge in [0.1, 0.15) is 17.1 Å². The second-order valence-corrected chi connectivity index (χ2v) is 5.99. The maximum Gasteiger partial charge on any atom is 0.343 e. The molecule has 1 aromatic heterocycles. The van der Waals surface area contributed by atoms with Crippen molar-refractivity contribution in [1.29, 1.82) is 0 Å². The van der Waals surface area contributed by atoms with Crippen molar-refractivity contribution < 1.29 is 19.1 Å². The molecule has 0 atom stereocenters. The van der Waals surface area contributed by atoms with Crippen LogP contribution in [0.5, 0.6) is 5.75 Å². The van der Waals surface area contributed by atoms with Gasteiger partial charge in [-0.15, -0.1) is 0 Å². The zero-order chi connectivity index (χ0) is 18.0. The van der Waals surface area contributed by atoms with Crippen LogP contribution < -0.4 is 10.1 Å². The molecule has 1 heterocycles. The van der Waals surface area contributed by atoms with E-state index in [4.69, 9.17) is 9.47 Å². The highest BCUT2D eigenvalue weighted by Crippen LogP contribution is 2.52. The molecular weight excluding hydrogens is 322 g/mol. The first-order valence-electron chi connectivity index (χ1n) is 8.17. The molecule has 0 aliphatic heterocycles. The summed E-state index contributed by atoms with van der Waals surface area (Å²) in [5.74, 6) is 0.342. The summed E-state index contributed by atoms with van der Waals surface area (Å²) in [6.07, 6.45) is 2.86. The monoisotopic (exact) mass is 343 g/mol. The second-order valence-electron chi connectivity index (χ2n) is 5.99. The molecule has 1 aliphatic rings. The van der Waals surface area contributed by atoms with E-state index in [2.05, 4.69) is 10.4 Å². The fraction of sp³-hybridized carbons (Fsp3) is 0.389. The Morgan fingerprint density at radius 3 is 2.68 bits per heavy atom. The van der Waals surface area contributed by atoms with E-state index in [1.54, 1.807) is 21.1 Å². The van der Waals surface area contributed by atoms with E-state index in [1.807, 2.05) is 24.3 Å². The van der Waals surface area contributed by atoms with Gasteiger partial charge in [0, 0.05) is 12.6 Å². The molecule has 0 bridgehead atoms. The molecule has 1 amide bonds. The van der Waals surface area contributed by atoms with E-state index in [9.17, 15) is 9.59 Å². The number of aryl methyl sites for hydroxylation is 1. The summed E-state index contributed by atoms with van der Waals surface area (Å²) >= 11 is 0. The van der Waals surface area contributed by atoms with Gasteiger partial charge in [-0.2, -0.15) is 5.10 Å². The Balaban J connectivity index is 1.88. The van der Waals surface area contributed by atoms with Crippen LogP contribution in [-0.4, -0.2) is 35.4 Å². The molecule has 1 aromatic carbocycles. The predicted molar refractivity (Wildman–Crippen MR) is 91.7 cm³/mol. The van der Waals surface area contributed by atoms with Crippen molar-refractivity contribution in [3.05, 3.63) is 41.6 Å². The Hall–Kier alpha value is -2.83. The van der Waals surface area contributed by atoms with E-state index in [-0.39, 0.29) is 18.1 Å². The SMILES string of the molecule is CCOC(=O)c1cnn(C)c1NC(=O)C1(c2ccccc2OC)CC1. The van der Waals surface area contributed by atoms with Crippen molar-refractivity contribution in [2.45, 2.75) is 25.2 Å². The lowest BCUT2D eigenvalue weighted by Crippen LogP contribution is -2.30. The van der Waals surface area contributed by atoms with Crippen molar-refractivity contribution >= 4 is 17.7 Å². The Kier molecular flexibility index (Phi) is 4.48. The first-order valence-corrected chi connectivity index (χ1v) is 8.17. The van der Waals surface area contributed by atoms with E-state index < -0.39 is 11.4 Å². The topological polar surface area (TPSA) is 82.5 Å². The number of amides is 1. The molecule has 132 valence electrons. The summed E-state index contributed by atoms with van der Waals surface area (Å²) in [7, 11) is 3.26. The molecule has 1 saturated carbocycles. The Bertz CT molecular complexity index is 808. The molecule has 25 heavy (non-hydrogen) atoms. The number of hydrogen-bond acceptors (Lipinski definition) is 5. The summed E-state index contributed by atoms with van der Waals surface area (Å²) in [4.78, 5) is 25.0. The zero-order valence-electron chi connectivity index (χ0n) is 14.5. The van der Waals surface area contributed by atoms with Crippen molar-refractivity contribution in [1.82, 2.24) is 9.78 Å². The first-order chi connectivity index (χ1) is 12.0. The molecule has 1 aliphatic carbocycles. The standard InChI is InChI=1S/C18H21N3O4/c1-4-25-16(22)12-11-19-21(2)15(12)20-17(23)18(9-10-18)13-7-5-6-8-14(13)24-3/h5-8,11H,4,9-10H2,1-3H3,(H,20,23). The van der Waals surface area contributed by atoms with Gasteiger partial charge < -0.3 is 14.8 Å². The number of benzene rings is 1. The van der Waals surface area contributed by atoms with Crippen molar-refractivity contribution in [3.8, 4) is 5.75 Å². The van der Waals surface area contributed by atoms with Gasteiger partial charge in [0.05, 0.1) is 25.3 Å². The Morgan fingerprint density at radius 1 is 1.32 bits per heavy atom. The van der Waals surface area contributed by atoms with Gasteiger partial charge in [0.2, 0.25) is 5.91 Å². The van der Waals surface area contributed by atoms with Gasteiger partial charge >= 0.3 is 5.97 Å². The Labute approximate surface area is 145 Å². The number of para-hydroxylation sites is 1. The van der Waals surface area contributed by atoms with Crippen molar-refractivity contribution in [2.24, 2.45) is 7.05 Å². The lowest BCUT2D eigenvalue weighted by atomic mass is 9.94. The van der Waals surface area contributed by atoms with Crippen LogP contribution in [0.2, 0.25) is 0 Å². The van der Waals surface area contributed by atoms with E-state index in [0.717, 1.165) is 18.4 Å². The van der Waals surface area contributed by atoms with Gasteiger partial charge in [-0.3, -0.25) is 9.48 Å². The van der Waals surface area contributed by atoms with E-state index in [0.29, 0.717) is 11.6 Å². The van der Waals surface area contributed by atoms with E-state index in [1.165, 1.54) is 10.9 Å². The third-order valence-corrected chi connectivity index (χ3v) is 4.47. The summed E-state index contributed by atoms with van der Waals surface area (Å²) in [5.41, 5.74) is 0.464. The summed E-state index contributed by atoms with van der Waals surface area (Å²) in [5, 5.41) is 6.91. The highest BCUT2D eigenvalue weighted by atomic mass is 16.5. The fourth-order valence-electron chi connectivity index (χ4n) is 2.95. The maximum atomic E-state index is 13.0. The number of esters is 1. The Morgan fingerprint density at radius 2 is 2.04 bits per heavy atom. The number of rotatable bonds is 6. The second kappa shape index (κ2) is 6.58. The van der Waals surface area contributed by atoms with Crippen LogP contribution in [0.15, 0.2) is 30.5 Å². The molecule has 1 N–H and O–H groups in total. The predicted octanol–water partition coefficient (Wildman–Crippen LogP) is 2.28. The maximum absolute atomic E-state index is 13.0. The fourth-order valence-corrected chi connectivity index (χ4v) is 2.95.